The highest BCUT2D eigenvalue weighted by Gasteiger charge is 2.31. The molecule has 0 saturated heterocycles. The highest BCUT2D eigenvalue weighted by atomic mass is 16.3. The molecular formula is C118H68N6O. The molecule has 0 atom stereocenters. The van der Waals surface area contributed by atoms with Crippen molar-refractivity contribution in [3.8, 4) is 180 Å². The molecule has 2 aliphatic rings. The first-order valence-corrected chi connectivity index (χ1v) is 42.2. The summed E-state index contributed by atoms with van der Waals surface area (Å²) in [5.41, 5.74) is 33.8. The second kappa shape index (κ2) is 29.4. The number of furan rings is 1. The third kappa shape index (κ3) is 11.9. The lowest BCUT2D eigenvalue weighted by Gasteiger charge is -2.20. The lowest BCUT2D eigenvalue weighted by molar-refractivity contribution is 0.669. The SMILES string of the molecule is N#Cc1ccc(-c2ccc3c4c(ccc(-c5c6ccccc6c(-c6nc(-c7ccccc7)cc(-c7ccc(-c8ccc9oc%10ccccc%10c9c8)cc7)n6)c6ccccc56)c24)-c2ccccc2-3)cc1.N#Cc1cccc(-c2ccc3c4c(ccc(-c5c6ccccc6c(-c6nc(-c7ccccc7)cc(-c7ccccc7)n6)c6ccccc56)c24)-c2ccccc2-3)c1. The Labute approximate surface area is 720 Å². The van der Waals surface area contributed by atoms with Crippen LogP contribution in [0.2, 0.25) is 0 Å². The van der Waals surface area contributed by atoms with Gasteiger partial charge in [-0.15, -0.1) is 0 Å². The number of aromatic nitrogens is 4. The minimum atomic E-state index is 0.640. The van der Waals surface area contributed by atoms with Crippen molar-refractivity contribution in [3.05, 3.63) is 424 Å². The van der Waals surface area contributed by atoms with Crippen molar-refractivity contribution in [2.24, 2.45) is 0 Å². The minimum Gasteiger partial charge on any atom is -0.456 e. The van der Waals surface area contributed by atoms with E-state index in [2.05, 4.69) is 364 Å². The fourth-order valence-corrected chi connectivity index (χ4v) is 19.8. The first kappa shape index (κ1) is 72.0. The van der Waals surface area contributed by atoms with Crippen LogP contribution in [0.25, 0.3) is 255 Å². The van der Waals surface area contributed by atoms with E-state index in [1.54, 1.807) is 0 Å². The largest absolute Gasteiger partial charge is 0.456 e. The molecule has 576 valence electrons. The zero-order valence-corrected chi connectivity index (χ0v) is 67.4. The van der Waals surface area contributed by atoms with Crippen molar-refractivity contribution in [1.82, 2.24) is 19.9 Å². The van der Waals surface area contributed by atoms with Gasteiger partial charge in [-0.05, 0) is 219 Å². The third-order valence-corrected chi connectivity index (χ3v) is 25.4. The fraction of sp³-hybridized carbons (Fsp3) is 0. The lowest BCUT2D eigenvalue weighted by atomic mass is 9.83. The lowest BCUT2D eigenvalue weighted by Crippen LogP contribution is -1.99. The van der Waals surface area contributed by atoms with Crippen molar-refractivity contribution < 1.29 is 4.42 Å². The van der Waals surface area contributed by atoms with E-state index in [-0.39, 0.29) is 0 Å². The van der Waals surface area contributed by atoms with Crippen LogP contribution in [0.5, 0.6) is 0 Å². The summed E-state index contributed by atoms with van der Waals surface area (Å²) in [7, 11) is 0. The summed E-state index contributed by atoms with van der Waals surface area (Å²) >= 11 is 0. The molecule has 20 aromatic carbocycles. The molecule has 0 bridgehead atoms. The Morgan fingerprint density at radius 1 is 0.176 bits per heavy atom. The van der Waals surface area contributed by atoms with Crippen LogP contribution in [0.15, 0.2) is 417 Å². The van der Waals surface area contributed by atoms with E-state index in [1.807, 2.05) is 60.7 Å². The molecule has 23 aromatic rings. The summed E-state index contributed by atoms with van der Waals surface area (Å²) in [6.07, 6.45) is 0. The van der Waals surface area contributed by atoms with E-state index in [1.165, 1.54) is 71.6 Å². The Bertz CT molecular complexity index is 8300. The van der Waals surface area contributed by atoms with Gasteiger partial charge < -0.3 is 4.42 Å². The van der Waals surface area contributed by atoms with E-state index in [4.69, 9.17) is 24.4 Å². The Morgan fingerprint density at radius 2 is 0.480 bits per heavy atom. The molecule has 0 N–H and O–H groups in total. The molecule has 0 amide bonds. The quantitative estimate of drug-likeness (QED) is 0.119. The zero-order chi connectivity index (χ0) is 82.7. The van der Waals surface area contributed by atoms with Crippen molar-refractivity contribution >= 4 is 86.6 Å². The normalized spacial score (nSPS) is 11.7. The molecule has 0 aliphatic heterocycles. The number of rotatable bonds is 11. The van der Waals surface area contributed by atoms with Gasteiger partial charge >= 0.3 is 0 Å². The smallest absolute Gasteiger partial charge is 0.161 e. The Kier molecular flexibility index (Phi) is 16.9. The van der Waals surface area contributed by atoms with Crippen LogP contribution in [0, 0.1) is 22.7 Å². The van der Waals surface area contributed by atoms with Gasteiger partial charge in [-0.3, -0.25) is 0 Å². The van der Waals surface area contributed by atoms with Crippen LogP contribution in [0.3, 0.4) is 0 Å². The van der Waals surface area contributed by atoms with Crippen LogP contribution in [0.1, 0.15) is 11.1 Å². The molecule has 0 unspecified atom stereocenters. The Balaban J connectivity index is 0.000000143. The van der Waals surface area contributed by atoms with E-state index in [0.29, 0.717) is 22.8 Å². The van der Waals surface area contributed by atoms with Gasteiger partial charge in [-0.25, -0.2) is 19.9 Å². The maximum absolute atomic E-state index is 9.93. The number of nitriles is 2. The standard InChI is InChI=1S/C65H37N3O.C53H31N3/c66-38-39-22-24-41(25-23-39)45-31-32-53-46-14-4-5-15-47(46)54-33-34-55(62(45)63(53)54)61-49-17-6-8-19-51(49)64(52-20-9-7-18-50(52)61)65-67-57(42-12-2-1-3-13-42)37-58(68-65)43-28-26-40(27-29-43)44-30-35-60-56(36-44)48-16-10-11-21-59(48)69-60;54-32-33-14-13-19-36(30-33)37-26-27-44-38-20-7-8-21-39(38)45-28-29-46(50(37)51(44)45)49-40-22-9-11-24-42(40)52(43-25-12-10-23-41(43)49)53-55-47(34-15-3-1-4-16-34)31-48(56-53)35-17-5-2-6-18-35/h1-37H;1-31H. The van der Waals surface area contributed by atoms with E-state index >= 15 is 0 Å². The molecule has 125 heavy (non-hydrogen) atoms. The van der Waals surface area contributed by atoms with Gasteiger partial charge in [0.1, 0.15) is 11.2 Å². The highest BCUT2D eigenvalue weighted by Crippen LogP contribution is 2.57. The van der Waals surface area contributed by atoms with Gasteiger partial charge in [-0.2, -0.15) is 10.5 Å². The predicted octanol–water partition coefficient (Wildman–Crippen LogP) is 31.1. The van der Waals surface area contributed by atoms with Crippen molar-refractivity contribution in [3.63, 3.8) is 0 Å². The van der Waals surface area contributed by atoms with Crippen LogP contribution in [-0.4, -0.2) is 19.9 Å². The van der Waals surface area contributed by atoms with Gasteiger partial charge in [0.25, 0.3) is 0 Å². The highest BCUT2D eigenvalue weighted by molar-refractivity contribution is 6.31. The Morgan fingerprint density at radius 3 is 0.896 bits per heavy atom. The number of benzene rings is 20. The minimum absolute atomic E-state index is 0.640. The summed E-state index contributed by atoms with van der Waals surface area (Å²) in [4.78, 5) is 21.6. The van der Waals surface area contributed by atoms with Gasteiger partial charge in [0, 0.05) is 44.2 Å². The van der Waals surface area contributed by atoms with E-state index < -0.39 is 0 Å². The number of nitrogens with zero attached hydrogens (tertiary/aromatic N) is 6. The third-order valence-electron chi connectivity index (χ3n) is 25.4. The monoisotopic (exact) mass is 1580 g/mol. The van der Waals surface area contributed by atoms with Gasteiger partial charge in [-0.1, -0.05) is 358 Å². The Hall–Kier alpha value is -17.1. The molecule has 3 aromatic heterocycles. The van der Waals surface area contributed by atoms with Crippen LogP contribution in [-0.2, 0) is 0 Å². The molecule has 0 spiro atoms. The molecule has 0 fully saturated rings. The first-order chi connectivity index (χ1) is 61.9. The molecule has 0 radical (unpaired) electrons. The zero-order valence-electron chi connectivity index (χ0n) is 67.4. The summed E-state index contributed by atoms with van der Waals surface area (Å²) < 4.78 is 6.14. The molecule has 25 rings (SSSR count). The number of hydrogen-bond acceptors (Lipinski definition) is 7. The maximum Gasteiger partial charge on any atom is 0.161 e. The molecule has 3 heterocycles. The predicted molar refractivity (Wildman–Crippen MR) is 514 cm³/mol. The second-order valence-corrected chi connectivity index (χ2v) is 32.2. The van der Waals surface area contributed by atoms with Crippen LogP contribution in [0.4, 0.5) is 0 Å². The van der Waals surface area contributed by atoms with E-state index in [9.17, 15) is 10.5 Å². The number of hydrogen-bond donors (Lipinski definition) is 0. The van der Waals surface area contributed by atoms with Gasteiger partial charge in [0.15, 0.2) is 11.6 Å². The molecule has 0 saturated carbocycles. The number of para-hydroxylation sites is 1. The summed E-state index contributed by atoms with van der Waals surface area (Å²) in [5.74, 6) is 1.36. The van der Waals surface area contributed by atoms with Crippen molar-refractivity contribution in [1.29, 1.82) is 10.5 Å². The van der Waals surface area contributed by atoms with Gasteiger partial charge in [0.05, 0.1) is 46.0 Å². The molecule has 2 aliphatic carbocycles. The summed E-state index contributed by atoms with van der Waals surface area (Å²) in [6.45, 7) is 0. The summed E-state index contributed by atoms with van der Waals surface area (Å²) in [5, 5.41) is 35.6. The molecule has 7 heteroatoms. The van der Waals surface area contributed by atoms with Crippen molar-refractivity contribution in [2.75, 3.05) is 0 Å². The second-order valence-electron chi connectivity index (χ2n) is 32.2. The average molecular weight is 1590 g/mol. The van der Waals surface area contributed by atoms with E-state index in [0.717, 1.165) is 171 Å². The first-order valence-electron chi connectivity index (χ1n) is 42.2. The summed E-state index contributed by atoms with van der Waals surface area (Å²) in [6, 6.07) is 150. The van der Waals surface area contributed by atoms with Gasteiger partial charge in [0.2, 0.25) is 0 Å². The van der Waals surface area contributed by atoms with Crippen LogP contribution < -0.4 is 0 Å². The van der Waals surface area contributed by atoms with Crippen LogP contribution >= 0.6 is 0 Å². The molecular weight excluding hydrogens is 1520 g/mol. The fourth-order valence-electron chi connectivity index (χ4n) is 19.8. The van der Waals surface area contributed by atoms with Crippen molar-refractivity contribution in [2.45, 2.75) is 0 Å². The molecule has 7 nitrogen and oxygen atoms in total. The average Bonchev–Trinajstić information content (AvgIpc) is 1.66. The number of fused-ring (bicyclic) bond motifs is 13. The topological polar surface area (TPSA) is 112 Å². The maximum atomic E-state index is 9.93.